The molecule has 1 heterocycles. The van der Waals surface area contributed by atoms with E-state index in [2.05, 4.69) is 11.2 Å². The van der Waals surface area contributed by atoms with E-state index in [1.807, 2.05) is 17.8 Å². The molecule has 1 unspecified atom stereocenters. The zero-order valence-corrected chi connectivity index (χ0v) is 9.78. The zero-order valence-electron chi connectivity index (χ0n) is 8.21. The quantitative estimate of drug-likeness (QED) is 0.718. The average molecular weight is 220 g/mol. The maximum atomic E-state index is 5.52. The smallest absolute Gasteiger partial charge is 0.0175 e. The summed E-state index contributed by atoms with van der Waals surface area (Å²) in [5.74, 6) is 0. The van der Waals surface area contributed by atoms with Gasteiger partial charge in [-0.3, -0.25) is 4.90 Å². The minimum atomic E-state index is 0.825. The first-order valence-electron chi connectivity index (χ1n) is 4.87. The molecule has 1 aliphatic heterocycles. The molecule has 1 rings (SSSR count). The fourth-order valence-corrected chi connectivity index (χ4v) is 2.57. The van der Waals surface area contributed by atoms with E-state index in [1.165, 1.54) is 32.4 Å². The fraction of sp³-hybridized carbons (Fsp3) is 0.800. The minimum Gasteiger partial charge on any atom is -0.299 e. The molecule has 76 valence electrons. The summed E-state index contributed by atoms with van der Waals surface area (Å²) in [6, 6.07) is 0. The van der Waals surface area contributed by atoms with Crippen LogP contribution >= 0.6 is 23.4 Å². The standard InChI is InChI=1S/C10H18ClNS/c1-13-10-5-2-3-7-12(9-10)8-4-6-11/h4,6,10H,2-3,5,7-9H2,1H3/b6-4+. The molecular weight excluding hydrogens is 202 g/mol. The van der Waals surface area contributed by atoms with Crippen molar-refractivity contribution in [3.8, 4) is 0 Å². The lowest BCUT2D eigenvalue weighted by Crippen LogP contribution is -2.29. The molecule has 0 saturated carbocycles. The van der Waals surface area contributed by atoms with Gasteiger partial charge in [-0.2, -0.15) is 11.8 Å². The summed E-state index contributed by atoms with van der Waals surface area (Å²) in [5.41, 5.74) is 1.62. The van der Waals surface area contributed by atoms with Crippen LogP contribution in [-0.2, 0) is 0 Å². The second kappa shape index (κ2) is 6.74. The highest BCUT2D eigenvalue weighted by Crippen LogP contribution is 2.19. The average Bonchev–Trinajstić information content (AvgIpc) is 2.39. The summed E-state index contributed by atoms with van der Waals surface area (Å²) < 4.78 is 0. The molecule has 13 heavy (non-hydrogen) atoms. The second-order valence-electron chi connectivity index (χ2n) is 3.47. The molecular formula is C10H18ClNS. The van der Waals surface area contributed by atoms with Crippen molar-refractivity contribution >= 4 is 23.4 Å². The van der Waals surface area contributed by atoms with E-state index in [1.54, 1.807) is 5.54 Å². The van der Waals surface area contributed by atoms with Crippen LogP contribution in [-0.4, -0.2) is 36.0 Å². The summed E-state index contributed by atoms with van der Waals surface area (Å²) >= 11 is 7.52. The molecule has 0 radical (unpaired) electrons. The highest BCUT2D eigenvalue weighted by Gasteiger charge is 2.15. The predicted molar refractivity (Wildman–Crippen MR) is 62.6 cm³/mol. The van der Waals surface area contributed by atoms with E-state index in [-0.39, 0.29) is 0 Å². The Morgan fingerprint density at radius 2 is 2.38 bits per heavy atom. The summed E-state index contributed by atoms with van der Waals surface area (Å²) in [4.78, 5) is 2.49. The Balaban J connectivity index is 2.34. The van der Waals surface area contributed by atoms with Gasteiger partial charge in [0, 0.05) is 23.9 Å². The van der Waals surface area contributed by atoms with Gasteiger partial charge in [0.1, 0.15) is 0 Å². The molecule has 1 fully saturated rings. The largest absolute Gasteiger partial charge is 0.299 e. The first-order chi connectivity index (χ1) is 6.36. The van der Waals surface area contributed by atoms with Crippen LogP contribution in [0.15, 0.2) is 11.6 Å². The van der Waals surface area contributed by atoms with Gasteiger partial charge in [0.2, 0.25) is 0 Å². The third kappa shape index (κ3) is 4.39. The van der Waals surface area contributed by atoms with Gasteiger partial charge in [0.25, 0.3) is 0 Å². The summed E-state index contributed by atoms with van der Waals surface area (Å²) in [7, 11) is 0. The maximum Gasteiger partial charge on any atom is 0.0175 e. The normalized spacial score (nSPS) is 26.5. The van der Waals surface area contributed by atoms with E-state index < -0.39 is 0 Å². The Labute approximate surface area is 90.5 Å². The van der Waals surface area contributed by atoms with Crippen molar-refractivity contribution in [1.29, 1.82) is 0 Å². The number of halogens is 1. The highest BCUT2D eigenvalue weighted by molar-refractivity contribution is 7.99. The van der Waals surface area contributed by atoms with E-state index in [0.717, 1.165) is 11.8 Å². The lowest BCUT2D eigenvalue weighted by molar-refractivity contribution is 0.319. The van der Waals surface area contributed by atoms with Crippen molar-refractivity contribution in [3.05, 3.63) is 11.6 Å². The number of nitrogens with zero attached hydrogens (tertiary/aromatic N) is 1. The first kappa shape index (κ1) is 11.4. The molecule has 1 aliphatic rings. The van der Waals surface area contributed by atoms with E-state index in [0.29, 0.717) is 0 Å². The lowest BCUT2D eigenvalue weighted by atomic mass is 10.2. The molecule has 0 aromatic heterocycles. The Hall–Kier alpha value is 0.340. The van der Waals surface area contributed by atoms with Crippen molar-refractivity contribution in [2.45, 2.75) is 24.5 Å². The first-order valence-corrected chi connectivity index (χ1v) is 6.59. The number of hydrogen-bond donors (Lipinski definition) is 0. The van der Waals surface area contributed by atoms with Crippen molar-refractivity contribution < 1.29 is 0 Å². The van der Waals surface area contributed by atoms with Gasteiger partial charge in [0.15, 0.2) is 0 Å². The summed E-state index contributed by atoms with van der Waals surface area (Å²) in [5, 5.41) is 0.825. The summed E-state index contributed by atoms with van der Waals surface area (Å²) in [6.07, 6.45) is 8.35. The van der Waals surface area contributed by atoms with Gasteiger partial charge in [-0.1, -0.05) is 24.1 Å². The van der Waals surface area contributed by atoms with Crippen LogP contribution in [0.3, 0.4) is 0 Å². The zero-order chi connectivity index (χ0) is 9.52. The Kier molecular flexibility index (Phi) is 5.92. The maximum absolute atomic E-state index is 5.52. The minimum absolute atomic E-state index is 0.825. The molecule has 0 aromatic rings. The summed E-state index contributed by atoms with van der Waals surface area (Å²) in [6.45, 7) is 3.47. The number of rotatable bonds is 3. The van der Waals surface area contributed by atoms with E-state index in [9.17, 15) is 0 Å². The molecule has 0 N–H and O–H groups in total. The Morgan fingerprint density at radius 1 is 1.54 bits per heavy atom. The highest BCUT2D eigenvalue weighted by atomic mass is 35.5. The number of hydrogen-bond acceptors (Lipinski definition) is 2. The van der Waals surface area contributed by atoms with Crippen LogP contribution in [0.25, 0.3) is 0 Å². The van der Waals surface area contributed by atoms with Gasteiger partial charge in [-0.25, -0.2) is 0 Å². The lowest BCUT2D eigenvalue weighted by Gasteiger charge is -2.21. The molecule has 0 bridgehead atoms. The van der Waals surface area contributed by atoms with Gasteiger partial charge in [-0.05, 0) is 25.6 Å². The van der Waals surface area contributed by atoms with E-state index >= 15 is 0 Å². The Morgan fingerprint density at radius 3 is 3.08 bits per heavy atom. The van der Waals surface area contributed by atoms with Crippen molar-refractivity contribution in [2.24, 2.45) is 0 Å². The fourth-order valence-electron chi connectivity index (χ4n) is 1.73. The molecule has 0 spiro atoms. The van der Waals surface area contributed by atoms with Gasteiger partial charge >= 0.3 is 0 Å². The van der Waals surface area contributed by atoms with Crippen LogP contribution in [0.1, 0.15) is 19.3 Å². The van der Waals surface area contributed by atoms with Gasteiger partial charge in [0.05, 0.1) is 0 Å². The molecule has 0 aliphatic carbocycles. The van der Waals surface area contributed by atoms with Crippen molar-refractivity contribution in [2.75, 3.05) is 25.9 Å². The van der Waals surface area contributed by atoms with Crippen LogP contribution in [0.5, 0.6) is 0 Å². The molecule has 1 saturated heterocycles. The van der Waals surface area contributed by atoms with Gasteiger partial charge < -0.3 is 0 Å². The third-order valence-electron chi connectivity index (χ3n) is 2.50. The SMILES string of the molecule is CSC1CCCCN(C/C=C/Cl)C1. The van der Waals surface area contributed by atoms with Crippen molar-refractivity contribution in [1.82, 2.24) is 4.90 Å². The van der Waals surface area contributed by atoms with Crippen LogP contribution in [0.4, 0.5) is 0 Å². The second-order valence-corrected chi connectivity index (χ2v) is 4.86. The van der Waals surface area contributed by atoms with Crippen molar-refractivity contribution in [3.63, 3.8) is 0 Å². The molecule has 1 nitrogen and oxygen atoms in total. The number of likely N-dealkylation sites (tertiary alicyclic amines) is 1. The molecule has 0 aromatic carbocycles. The number of thioether (sulfide) groups is 1. The van der Waals surface area contributed by atoms with Gasteiger partial charge in [-0.15, -0.1) is 0 Å². The monoisotopic (exact) mass is 219 g/mol. The van der Waals surface area contributed by atoms with Crippen LogP contribution in [0, 0.1) is 0 Å². The van der Waals surface area contributed by atoms with Crippen LogP contribution < -0.4 is 0 Å². The molecule has 0 amide bonds. The topological polar surface area (TPSA) is 3.24 Å². The van der Waals surface area contributed by atoms with E-state index in [4.69, 9.17) is 11.6 Å². The van der Waals surface area contributed by atoms with Crippen LogP contribution in [0.2, 0.25) is 0 Å². The molecule has 3 heteroatoms. The predicted octanol–water partition coefficient (Wildman–Crippen LogP) is 2.96. The Bertz CT molecular complexity index is 161. The third-order valence-corrected chi connectivity index (χ3v) is 3.73. The molecule has 1 atom stereocenters.